The van der Waals surface area contributed by atoms with Gasteiger partial charge >= 0.3 is 0 Å². The largest absolute Gasteiger partial charge is 0.497 e. The monoisotopic (exact) mass is 456 g/mol. The number of ether oxygens (including phenoxy) is 4. The lowest BCUT2D eigenvalue weighted by molar-refractivity contribution is 0.324. The van der Waals surface area contributed by atoms with Crippen molar-refractivity contribution >= 4 is 10.8 Å². The van der Waals surface area contributed by atoms with Crippen LogP contribution < -0.4 is 18.9 Å². The van der Waals surface area contributed by atoms with Gasteiger partial charge in [-0.15, -0.1) is 0 Å². The molecule has 0 aliphatic rings. The maximum atomic E-state index is 5.60. The molecule has 176 valence electrons. The lowest BCUT2D eigenvalue weighted by atomic mass is 9.97. The Morgan fingerprint density at radius 3 is 1.59 bits per heavy atom. The molecule has 34 heavy (non-hydrogen) atoms. The average molecular weight is 457 g/mol. The Hall–Kier alpha value is -3.66. The van der Waals surface area contributed by atoms with Crippen LogP contribution in [0, 0.1) is 0 Å². The minimum atomic E-state index is 0.617. The first-order valence-corrected chi connectivity index (χ1v) is 11.6. The third-order valence-corrected chi connectivity index (χ3v) is 6.20. The SMILES string of the molecule is COc1cc(CCc2cc(OC)c(OC)c(OC)c2)cc(CCc2ccc3ccccc3c2)c1. The Labute approximate surface area is 202 Å². The maximum Gasteiger partial charge on any atom is 0.203 e. The Bertz CT molecular complexity index is 1240. The Balaban J connectivity index is 1.49. The molecule has 0 spiro atoms. The molecular weight excluding hydrogens is 424 g/mol. The van der Waals surface area contributed by atoms with Crippen molar-refractivity contribution < 1.29 is 18.9 Å². The molecule has 0 saturated heterocycles. The summed E-state index contributed by atoms with van der Waals surface area (Å²) in [5.74, 6) is 2.87. The Morgan fingerprint density at radius 2 is 1.03 bits per heavy atom. The number of rotatable bonds is 10. The van der Waals surface area contributed by atoms with Crippen LogP contribution in [0.15, 0.2) is 72.8 Å². The van der Waals surface area contributed by atoms with Crippen molar-refractivity contribution in [3.05, 3.63) is 95.1 Å². The molecule has 4 aromatic rings. The quantitative estimate of drug-likeness (QED) is 0.275. The fraction of sp³-hybridized carbons (Fsp3) is 0.267. The third kappa shape index (κ3) is 5.45. The topological polar surface area (TPSA) is 36.9 Å². The number of fused-ring (bicyclic) bond motifs is 1. The second-order valence-electron chi connectivity index (χ2n) is 8.40. The first kappa shape index (κ1) is 23.5. The summed E-state index contributed by atoms with van der Waals surface area (Å²) in [6.45, 7) is 0. The predicted molar refractivity (Wildman–Crippen MR) is 138 cm³/mol. The maximum absolute atomic E-state index is 5.60. The first-order valence-electron chi connectivity index (χ1n) is 11.6. The van der Waals surface area contributed by atoms with E-state index >= 15 is 0 Å². The van der Waals surface area contributed by atoms with Gasteiger partial charge in [0, 0.05) is 0 Å². The van der Waals surface area contributed by atoms with Crippen LogP contribution in [-0.2, 0) is 25.7 Å². The molecule has 0 radical (unpaired) electrons. The predicted octanol–water partition coefficient (Wildman–Crippen LogP) is 6.44. The molecule has 0 atom stereocenters. The Morgan fingerprint density at radius 1 is 0.471 bits per heavy atom. The van der Waals surface area contributed by atoms with Crippen LogP contribution in [-0.4, -0.2) is 28.4 Å². The molecule has 0 amide bonds. The van der Waals surface area contributed by atoms with Crippen molar-refractivity contribution in [1.29, 1.82) is 0 Å². The molecule has 0 aliphatic carbocycles. The number of hydrogen-bond donors (Lipinski definition) is 0. The van der Waals surface area contributed by atoms with Crippen LogP contribution in [0.25, 0.3) is 10.8 Å². The zero-order chi connectivity index (χ0) is 23.9. The number of methoxy groups -OCH3 is 4. The summed E-state index contributed by atoms with van der Waals surface area (Å²) in [5.41, 5.74) is 5.02. The van der Waals surface area contributed by atoms with E-state index in [0.29, 0.717) is 17.2 Å². The van der Waals surface area contributed by atoms with E-state index in [1.807, 2.05) is 12.1 Å². The van der Waals surface area contributed by atoms with Gasteiger partial charge < -0.3 is 18.9 Å². The van der Waals surface area contributed by atoms with Crippen molar-refractivity contribution in [1.82, 2.24) is 0 Å². The van der Waals surface area contributed by atoms with E-state index in [-0.39, 0.29) is 0 Å². The van der Waals surface area contributed by atoms with Crippen molar-refractivity contribution in [2.24, 2.45) is 0 Å². The van der Waals surface area contributed by atoms with Gasteiger partial charge in [0.25, 0.3) is 0 Å². The molecule has 0 aliphatic heterocycles. The third-order valence-electron chi connectivity index (χ3n) is 6.20. The van der Waals surface area contributed by atoms with Gasteiger partial charge in [-0.2, -0.15) is 0 Å². The van der Waals surface area contributed by atoms with Crippen molar-refractivity contribution in [2.45, 2.75) is 25.7 Å². The van der Waals surface area contributed by atoms with E-state index in [9.17, 15) is 0 Å². The first-order chi connectivity index (χ1) is 16.6. The second-order valence-corrected chi connectivity index (χ2v) is 8.40. The van der Waals surface area contributed by atoms with Gasteiger partial charge in [0.15, 0.2) is 11.5 Å². The van der Waals surface area contributed by atoms with Crippen LogP contribution in [0.3, 0.4) is 0 Å². The molecular formula is C30H32O4. The molecule has 0 heterocycles. The highest BCUT2D eigenvalue weighted by Crippen LogP contribution is 2.38. The van der Waals surface area contributed by atoms with Crippen LogP contribution >= 0.6 is 0 Å². The van der Waals surface area contributed by atoms with E-state index < -0.39 is 0 Å². The summed E-state index contributed by atoms with van der Waals surface area (Å²) < 4.78 is 22.1. The normalized spacial score (nSPS) is 10.8. The molecule has 4 heteroatoms. The number of benzene rings is 4. The summed E-state index contributed by atoms with van der Waals surface area (Å²) in [7, 11) is 6.64. The lowest BCUT2D eigenvalue weighted by Gasteiger charge is -2.14. The van der Waals surface area contributed by atoms with Gasteiger partial charge in [-0.05, 0) is 83.0 Å². The molecule has 0 N–H and O–H groups in total. The highest BCUT2D eigenvalue weighted by Gasteiger charge is 2.13. The molecule has 0 fully saturated rings. The number of aryl methyl sites for hydroxylation is 4. The molecule has 0 saturated carbocycles. The Kier molecular flexibility index (Phi) is 7.58. The van der Waals surface area contributed by atoms with E-state index in [1.165, 1.54) is 27.5 Å². The van der Waals surface area contributed by atoms with E-state index in [1.54, 1.807) is 28.4 Å². The second kappa shape index (κ2) is 11.0. The number of hydrogen-bond acceptors (Lipinski definition) is 4. The van der Waals surface area contributed by atoms with Gasteiger partial charge in [-0.25, -0.2) is 0 Å². The van der Waals surface area contributed by atoms with Gasteiger partial charge in [0.1, 0.15) is 5.75 Å². The zero-order valence-corrected chi connectivity index (χ0v) is 20.4. The summed E-state index contributed by atoms with van der Waals surface area (Å²) in [6.07, 6.45) is 3.70. The summed E-state index contributed by atoms with van der Waals surface area (Å²) >= 11 is 0. The molecule has 0 aromatic heterocycles. The minimum Gasteiger partial charge on any atom is -0.497 e. The van der Waals surface area contributed by atoms with E-state index in [4.69, 9.17) is 18.9 Å². The lowest BCUT2D eigenvalue weighted by Crippen LogP contribution is -2.00. The van der Waals surface area contributed by atoms with Crippen LogP contribution in [0.1, 0.15) is 22.3 Å². The van der Waals surface area contributed by atoms with E-state index in [2.05, 4.69) is 60.7 Å². The minimum absolute atomic E-state index is 0.617. The van der Waals surface area contributed by atoms with Gasteiger partial charge in [0.05, 0.1) is 28.4 Å². The van der Waals surface area contributed by atoms with Gasteiger partial charge in [-0.1, -0.05) is 48.5 Å². The highest BCUT2D eigenvalue weighted by atomic mass is 16.5. The molecule has 4 rings (SSSR count). The van der Waals surface area contributed by atoms with Gasteiger partial charge in [0.2, 0.25) is 5.75 Å². The smallest absolute Gasteiger partial charge is 0.203 e. The van der Waals surface area contributed by atoms with Crippen LogP contribution in [0.5, 0.6) is 23.0 Å². The van der Waals surface area contributed by atoms with Gasteiger partial charge in [-0.3, -0.25) is 0 Å². The van der Waals surface area contributed by atoms with Crippen molar-refractivity contribution in [2.75, 3.05) is 28.4 Å². The van der Waals surface area contributed by atoms with Crippen LogP contribution in [0.2, 0.25) is 0 Å². The summed E-state index contributed by atoms with van der Waals surface area (Å²) in [4.78, 5) is 0. The fourth-order valence-electron chi connectivity index (χ4n) is 4.39. The van der Waals surface area contributed by atoms with E-state index in [0.717, 1.165) is 37.0 Å². The standard InChI is InChI=1S/C30H32O4/c1-31-27-17-22(10-9-21-13-14-25-7-5-6-8-26(25)16-21)15-23(18-27)11-12-24-19-28(32-2)30(34-4)29(20-24)33-3/h5-8,13-20H,9-12H2,1-4H3. The summed E-state index contributed by atoms with van der Waals surface area (Å²) in [6, 6.07) is 25.8. The molecule has 4 nitrogen and oxygen atoms in total. The van der Waals surface area contributed by atoms with Crippen molar-refractivity contribution in [3.63, 3.8) is 0 Å². The van der Waals surface area contributed by atoms with Crippen LogP contribution in [0.4, 0.5) is 0 Å². The zero-order valence-electron chi connectivity index (χ0n) is 20.4. The molecule has 0 unspecified atom stereocenters. The molecule has 0 bridgehead atoms. The average Bonchev–Trinajstić information content (AvgIpc) is 2.89. The van der Waals surface area contributed by atoms with Crippen molar-refractivity contribution in [3.8, 4) is 23.0 Å². The fourth-order valence-corrected chi connectivity index (χ4v) is 4.39. The summed E-state index contributed by atoms with van der Waals surface area (Å²) in [5, 5.41) is 2.57. The molecule has 4 aromatic carbocycles. The highest BCUT2D eigenvalue weighted by molar-refractivity contribution is 5.83.